The molecule has 0 saturated heterocycles. The second-order valence-electron chi connectivity index (χ2n) is 4.53. The van der Waals surface area contributed by atoms with Gasteiger partial charge in [0.25, 0.3) is 5.91 Å². The number of aliphatic hydroxyl groups is 1. The van der Waals surface area contributed by atoms with Crippen LogP contribution in [0, 0.1) is 6.92 Å². The summed E-state index contributed by atoms with van der Waals surface area (Å²) >= 11 is 1.45. The van der Waals surface area contributed by atoms with Crippen molar-refractivity contribution in [3.63, 3.8) is 0 Å². The fourth-order valence-electron chi connectivity index (χ4n) is 1.91. The first-order valence-electron chi connectivity index (χ1n) is 5.59. The van der Waals surface area contributed by atoms with Gasteiger partial charge in [0.15, 0.2) is 11.4 Å². The number of aliphatic hydroxyl groups excluding tert-OH is 1. The molecule has 1 N–H and O–H groups in total. The van der Waals surface area contributed by atoms with Gasteiger partial charge in [0, 0.05) is 10.5 Å². The average molecular weight is 252 g/mol. The number of carbonyl (C=O) groups is 1. The molecule has 1 amide bonds. The molecule has 0 fully saturated rings. The van der Waals surface area contributed by atoms with Gasteiger partial charge in [-0.1, -0.05) is 13.8 Å². The Morgan fingerprint density at radius 1 is 1.47 bits per heavy atom. The van der Waals surface area contributed by atoms with Crippen molar-refractivity contribution < 1.29 is 9.90 Å². The Hall–Kier alpha value is -1.20. The maximum atomic E-state index is 11.9. The number of hydrogen-bond acceptors (Lipinski definition) is 4. The summed E-state index contributed by atoms with van der Waals surface area (Å²) < 4.78 is 0. The van der Waals surface area contributed by atoms with Gasteiger partial charge in [-0.3, -0.25) is 9.69 Å². The van der Waals surface area contributed by atoms with Crippen LogP contribution in [0.3, 0.4) is 0 Å². The van der Waals surface area contributed by atoms with E-state index in [1.807, 2.05) is 6.92 Å². The second-order valence-corrected chi connectivity index (χ2v) is 5.71. The van der Waals surface area contributed by atoms with Gasteiger partial charge in [-0.2, -0.15) is 0 Å². The second kappa shape index (κ2) is 4.23. The molecule has 0 saturated carbocycles. The van der Waals surface area contributed by atoms with Crippen LogP contribution < -0.4 is 4.90 Å². The zero-order chi connectivity index (χ0) is 12.7. The van der Waals surface area contributed by atoms with E-state index in [1.165, 1.54) is 16.2 Å². The fraction of sp³-hybridized carbons (Fsp3) is 0.500. The highest BCUT2D eigenvalue weighted by Gasteiger charge is 2.32. The predicted octanol–water partition coefficient (Wildman–Crippen LogP) is 2.19. The topological polar surface area (TPSA) is 53.4 Å². The third kappa shape index (κ3) is 2.00. The molecule has 1 aromatic rings. The Morgan fingerprint density at radius 2 is 2.12 bits per heavy atom. The fourth-order valence-corrected chi connectivity index (χ4v) is 3.01. The van der Waals surface area contributed by atoms with Crippen molar-refractivity contribution in [2.75, 3.05) is 4.90 Å². The molecule has 2 rings (SSSR count). The third-order valence-corrected chi connectivity index (χ3v) is 3.78. The number of anilines is 1. The maximum Gasteiger partial charge on any atom is 0.257 e. The van der Waals surface area contributed by atoms with E-state index in [1.54, 1.807) is 13.0 Å². The molecule has 0 bridgehead atoms. The van der Waals surface area contributed by atoms with Gasteiger partial charge >= 0.3 is 0 Å². The highest BCUT2D eigenvalue weighted by molar-refractivity contribution is 7.15. The predicted molar refractivity (Wildman–Crippen MR) is 68.2 cm³/mol. The lowest BCUT2D eigenvalue weighted by Gasteiger charge is -2.17. The normalized spacial score (nSPS) is 20.4. The molecule has 92 valence electrons. The molecule has 1 unspecified atom stereocenters. The molecule has 4 nitrogen and oxygen atoms in total. The molecule has 0 spiro atoms. The van der Waals surface area contributed by atoms with Crippen molar-refractivity contribution in [1.82, 2.24) is 4.98 Å². The van der Waals surface area contributed by atoms with Gasteiger partial charge in [0.1, 0.15) is 0 Å². The van der Waals surface area contributed by atoms with Crippen LogP contribution >= 0.6 is 11.3 Å². The van der Waals surface area contributed by atoms with Gasteiger partial charge in [-0.15, -0.1) is 11.3 Å². The first kappa shape index (κ1) is 12.3. The van der Waals surface area contributed by atoms with Crippen molar-refractivity contribution in [2.24, 2.45) is 0 Å². The van der Waals surface area contributed by atoms with Crippen LogP contribution in [0.5, 0.6) is 0 Å². The molecule has 1 aliphatic heterocycles. The number of aryl methyl sites for hydroxylation is 1. The van der Waals surface area contributed by atoms with E-state index < -0.39 is 6.23 Å². The van der Waals surface area contributed by atoms with Crippen molar-refractivity contribution in [3.05, 3.63) is 22.2 Å². The Labute approximate surface area is 105 Å². The number of carbonyl (C=O) groups excluding carboxylic acids is 1. The summed E-state index contributed by atoms with van der Waals surface area (Å²) in [6.45, 7) is 7.83. The monoisotopic (exact) mass is 252 g/mol. The van der Waals surface area contributed by atoms with Crippen molar-refractivity contribution in [1.29, 1.82) is 0 Å². The van der Waals surface area contributed by atoms with Crippen LogP contribution in [0.15, 0.2) is 11.6 Å². The van der Waals surface area contributed by atoms with Gasteiger partial charge in [-0.25, -0.2) is 4.98 Å². The van der Waals surface area contributed by atoms with Gasteiger partial charge in [0.05, 0.1) is 5.69 Å². The minimum Gasteiger partial charge on any atom is -0.369 e. The minimum absolute atomic E-state index is 0.165. The summed E-state index contributed by atoms with van der Waals surface area (Å²) in [4.78, 5) is 18.8. The van der Waals surface area contributed by atoms with E-state index in [9.17, 15) is 9.90 Å². The lowest BCUT2D eigenvalue weighted by molar-refractivity contribution is -0.115. The van der Waals surface area contributed by atoms with Crippen molar-refractivity contribution in [2.45, 2.75) is 39.8 Å². The molecule has 1 aromatic heterocycles. The number of thiazole rings is 1. The molecule has 0 aromatic carbocycles. The summed E-state index contributed by atoms with van der Waals surface area (Å²) in [7, 11) is 0. The Balaban J connectivity index is 2.36. The molecule has 1 atom stereocenters. The van der Waals surface area contributed by atoms with Gasteiger partial charge < -0.3 is 5.11 Å². The summed E-state index contributed by atoms with van der Waals surface area (Å²) in [5, 5.41) is 10.4. The number of aromatic nitrogens is 1. The molecule has 1 aliphatic rings. The molecule has 17 heavy (non-hydrogen) atoms. The van der Waals surface area contributed by atoms with E-state index in [2.05, 4.69) is 18.8 Å². The first-order chi connectivity index (χ1) is 7.91. The first-order valence-corrected chi connectivity index (χ1v) is 6.41. The smallest absolute Gasteiger partial charge is 0.257 e. The van der Waals surface area contributed by atoms with Crippen LogP contribution in [0.4, 0.5) is 5.13 Å². The maximum absolute atomic E-state index is 11.9. The standard InChI is InChI=1S/C12H16N2O2S/c1-6(2)10-8(4)17-12(13-10)14-9(15)5-7(3)11(14)16/h5-6,9,15H,1-4H3. The van der Waals surface area contributed by atoms with Crippen LogP contribution in [-0.2, 0) is 4.79 Å². The van der Waals surface area contributed by atoms with E-state index >= 15 is 0 Å². The van der Waals surface area contributed by atoms with E-state index in [0.29, 0.717) is 16.6 Å². The van der Waals surface area contributed by atoms with Crippen LogP contribution in [0.25, 0.3) is 0 Å². The SMILES string of the molecule is CC1=CC(O)N(c2nc(C(C)C)c(C)s2)C1=O. The molecule has 5 heteroatoms. The van der Waals surface area contributed by atoms with E-state index in [0.717, 1.165) is 10.6 Å². The van der Waals surface area contributed by atoms with Gasteiger partial charge in [-0.05, 0) is 25.8 Å². The average Bonchev–Trinajstić information content (AvgIpc) is 2.70. The highest BCUT2D eigenvalue weighted by atomic mass is 32.1. The zero-order valence-electron chi connectivity index (χ0n) is 10.4. The quantitative estimate of drug-likeness (QED) is 0.877. The van der Waals surface area contributed by atoms with Gasteiger partial charge in [0.2, 0.25) is 0 Å². The van der Waals surface area contributed by atoms with E-state index in [-0.39, 0.29) is 5.91 Å². The van der Waals surface area contributed by atoms with Crippen molar-refractivity contribution >= 4 is 22.4 Å². The summed E-state index contributed by atoms with van der Waals surface area (Å²) in [6.07, 6.45) is 0.668. The summed E-state index contributed by atoms with van der Waals surface area (Å²) in [5.41, 5.74) is 1.56. The molecule has 0 radical (unpaired) electrons. The minimum atomic E-state index is -0.881. The number of nitrogens with zero attached hydrogens (tertiary/aromatic N) is 2. The zero-order valence-corrected chi connectivity index (χ0v) is 11.2. The number of amides is 1. The van der Waals surface area contributed by atoms with Crippen LogP contribution in [0.1, 0.15) is 37.3 Å². The largest absolute Gasteiger partial charge is 0.369 e. The molecular weight excluding hydrogens is 236 g/mol. The molecule has 2 heterocycles. The van der Waals surface area contributed by atoms with Crippen LogP contribution in [-0.4, -0.2) is 22.2 Å². The number of hydrogen-bond donors (Lipinski definition) is 1. The Kier molecular flexibility index (Phi) is 3.05. The summed E-state index contributed by atoms with van der Waals surface area (Å²) in [5.74, 6) is 0.158. The molecule has 0 aliphatic carbocycles. The van der Waals surface area contributed by atoms with Crippen LogP contribution in [0.2, 0.25) is 0 Å². The number of rotatable bonds is 2. The third-order valence-electron chi connectivity index (χ3n) is 2.79. The Bertz CT molecular complexity index is 491. The summed E-state index contributed by atoms with van der Waals surface area (Å²) in [6, 6.07) is 0. The lowest BCUT2D eigenvalue weighted by Crippen LogP contribution is -2.34. The van der Waals surface area contributed by atoms with E-state index in [4.69, 9.17) is 0 Å². The van der Waals surface area contributed by atoms with Crippen molar-refractivity contribution in [3.8, 4) is 0 Å². The Morgan fingerprint density at radius 3 is 2.53 bits per heavy atom. The molecular formula is C12H16N2O2S. The highest BCUT2D eigenvalue weighted by Crippen LogP contribution is 2.33. The lowest BCUT2D eigenvalue weighted by atomic mass is 10.1.